The van der Waals surface area contributed by atoms with Crippen molar-refractivity contribution in [1.82, 2.24) is 0 Å². The Morgan fingerprint density at radius 1 is 1.09 bits per heavy atom. The number of rotatable bonds is 7. The van der Waals surface area contributed by atoms with E-state index in [9.17, 15) is 8.42 Å². The first kappa shape index (κ1) is 16.5. The second-order valence-electron chi connectivity index (χ2n) is 5.11. The maximum atomic E-state index is 12.6. The minimum absolute atomic E-state index is 0.0721. The van der Waals surface area contributed by atoms with Gasteiger partial charge in [-0.3, -0.25) is 0 Å². The Kier molecular flexibility index (Phi) is 5.57. The van der Waals surface area contributed by atoms with Crippen molar-refractivity contribution >= 4 is 9.84 Å². The average Bonchev–Trinajstić information content (AvgIpc) is 2.53. The third-order valence-electron chi connectivity index (χ3n) is 3.47. The van der Waals surface area contributed by atoms with Gasteiger partial charge in [0, 0.05) is 5.56 Å². The molecule has 0 fully saturated rings. The molecule has 2 rings (SSSR count). The van der Waals surface area contributed by atoms with E-state index in [-0.39, 0.29) is 5.75 Å². The van der Waals surface area contributed by atoms with E-state index in [2.05, 4.69) is 0 Å². The van der Waals surface area contributed by atoms with Crippen molar-refractivity contribution in [3.8, 4) is 5.75 Å². The molecule has 2 N–H and O–H groups in total. The first-order valence-corrected chi connectivity index (χ1v) is 8.85. The SMILES string of the molecule is COc1ccccc1CS(=O)(=O)c1cccc(CCCN)c1. The highest BCUT2D eigenvalue weighted by Gasteiger charge is 2.18. The van der Waals surface area contributed by atoms with Crippen LogP contribution in [0.5, 0.6) is 5.75 Å². The lowest BCUT2D eigenvalue weighted by Crippen LogP contribution is -2.07. The highest BCUT2D eigenvalue weighted by Crippen LogP contribution is 2.24. The lowest BCUT2D eigenvalue weighted by atomic mass is 10.1. The van der Waals surface area contributed by atoms with E-state index in [1.807, 2.05) is 18.2 Å². The minimum atomic E-state index is -3.40. The fourth-order valence-corrected chi connectivity index (χ4v) is 3.74. The van der Waals surface area contributed by atoms with Gasteiger partial charge in [0.05, 0.1) is 17.8 Å². The van der Waals surface area contributed by atoms with Crippen LogP contribution in [-0.4, -0.2) is 22.1 Å². The standard InChI is InChI=1S/C17H21NO3S/c1-21-17-10-3-2-8-15(17)13-22(19,20)16-9-4-6-14(12-16)7-5-11-18/h2-4,6,8-10,12H,5,7,11,13,18H2,1H3. The lowest BCUT2D eigenvalue weighted by molar-refractivity contribution is 0.411. The fraction of sp³-hybridized carbons (Fsp3) is 0.294. The number of hydrogen-bond acceptors (Lipinski definition) is 4. The van der Waals surface area contributed by atoms with Gasteiger partial charge in [-0.2, -0.15) is 0 Å². The average molecular weight is 319 g/mol. The number of para-hydroxylation sites is 1. The molecule has 22 heavy (non-hydrogen) atoms. The van der Waals surface area contributed by atoms with Crippen LogP contribution in [0, 0.1) is 0 Å². The fourth-order valence-electron chi connectivity index (χ4n) is 2.31. The minimum Gasteiger partial charge on any atom is -0.496 e. The first-order chi connectivity index (χ1) is 10.6. The Hall–Kier alpha value is -1.85. The van der Waals surface area contributed by atoms with E-state index in [1.165, 1.54) is 0 Å². The number of aryl methyl sites for hydroxylation is 1. The number of sulfone groups is 1. The Morgan fingerprint density at radius 3 is 2.59 bits per heavy atom. The topological polar surface area (TPSA) is 69.4 Å². The van der Waals surface area contributed by atoms with E-state index >= 15 is 0 Å². The van der Waals surface area contributed by atoms with Crippen LogP contribution in [0.25, 0.3) is 0 Å². The normalized spacial score (nSPS) is 11.4. The number of methoxy groups -OCH3 is 1. The molecular formula is C17H21NO3S. The molecule has 0 aromatic heterocycles. The van der Waals surface area contributed by atoms with Gasteiger partial charge in [-0.05, 0) is 43.1 Å². The van der Waals surface area contributed by atoms with E-state index in [1.54, 1.807) is 37.4 Å². The summed E-state index contributed by atoms with van der Waals surface area (Å²) < 4.78 is 30.5. The van der Waals surface area contributed by atoms with Gasteiger partial charge in [0.1, 0.15) is 5.75 Å². The van der Waals surface area contributed by atoms with Crippen molar-refractivity contribution in [2.75, 3.05) is 13.7 Å². The largest absolute Gasteiger partial charge is 0.496 e. The second kappa shape index (κ2) is 7.42. The highest BCUT2D eigenvalue weighted by molar-refractivity contribution is 7.90. The summed E-state index contributed by atoms with van der Waals surface area (Å²) in [6.07, 6.45) is 1.63. The lowest BCUT2D eigenvalue weighted by Gasteiger charge is -2.10. The molecule has 4 nitrogen and oxygen atoms in total. The van der Waals surface area contributed by atoms with Crippen molar-refractivity contribution in [2.45, 2.75) is 23.5 Å². The first-order valence-electron chi connectivity index (χ1n) is 7.20. The molecule has 0 bridgehead atoms. The van der Waals surface area contributed by atoms with Crippen LogP contribution in [0.2, 0.25) is 0 Å². The monoisotopic (exact) mass is 319 g/mol. The third-order valence-corrected chi connectivity index (χ3v) is 5.13. The molecule has 0 radical (unpaired) electrons. The molecule has 0 heterocycles. The molecule has 2 aromatic carbocycles. The van der Waals surface area contributed by atoms with Crippen LogP contribution in [0.1, 0.15) is 17.5 Å². The number of ether oxygens (including phenoxy) is 1. The van der Waals surface area contributed by atoms with Gasteiger partial charge in [0.15, 0.2) is 9.84 Å². The molecule has 0 aliphatic rings. The summed E-state index contributed by atoms with van der Waals surface area (Å²) in [7, 11) is -1.86. The molecule has 2 aromatic rings. The van der Waals surface area contributed by atoms with Crippen molar-refractivity contribution < 1.29 is 13.2 Å². The predicted molar refractivity (Wildman–Crippen MR) is 87.7 cm³/mol. The molecule has 0 unspecified atom stereocenters. The molecule has 0 amide bonds. The summed E-state index contributed by atoms with van der Waals surface area (Å²) in [6, 6.07) is 14.3. The third kappa shape index (κ3) is 4.08. The van der Waals surface area contributed by atoms with E-state index in [0.717, 1.165) is 18.4 Å². The Balaban J connectivity index is 2.26. The smallest absolute Gasteiger partial charge is 0.182 e. The Labute approximate surface area is 131 Å². The van der Waals surface area contributed by atoms with Gasteiger partial charge in [0.25, 0.3) is 0 Å². The molecule has 0 aliphatic heterocycles. The quantitative estimate of drug-likeness (QED) is 0.851. The zero-order valence-electron chi connectivity index (χ0n) is 12.7. The number of nitrogens with two attached hydrogens (primary N) is 1. The van der Waals surface area contributed by atoms with Gasteiger partial charge in [0.2, 0.25) is 0 Å². The van der Waals surface area contributed by atoms with E-state index in [0.29, 0.717) is 22.8 Å². The summed E-state index contributed by atoms with van der Waals surface area (Å²) in [5, 5.41) is 0. The Bertz CT molecular complexity index is 726. The zero-order chi connectivity index (χ0) is 16.0. The molecule has 0 spiro atoms. The van der Waals surface area contributed by atoms with Crippen molar-refractivity contribution in [3.05, 3.63) is 59.7 Å². The zero-order valence-corrected chi connectivity index (χ0v) is 13.5. The van der Waals surface area contributed by atoms with Crippen LogP contribution in [0.3, 0.4) is 0 Å². The second-order valence-corrected chi connectivity index (χ2v) is 7.10. The van der Waals surface area contributed by atoms with Crippen LogP contribution >= 0.6 is 0 Å². The van der Waals surface area contributed by atoms with Gasteiger partial charge in [-0.25, -0.2) is 8.42 Å². The molecule has 118 valence electrons. The summed E-state index contributed by atoms with van der Waals surface area (Å²) >= 11 is 0. The molecular weight excluding hydrogens is 298 g/mol. The summed E-state index contributed by atoms with van der Waals surface area (Å²) in [5.74, 6) is 0.516. The van der Waals surface area contributed by atoms with E-state index < -0.39 is 9.84 Å². The maximum absolute atomic E-state index is 12.6. The van der Waals surface area contributed by atoms with Crippen molar-refractivity contribution in [2.24, 2.45) is 5.73 Å². The highest BCUT2D eigenvalue weighted by atomic mass is 32.2. The summed E-state index contributed by atoms with van der Waals surface area (Å²) in [6.45, 7) is 0.595. The van der Waals surface area contributed by atoms with Crippen LogP contribution in [0.15, 0.2) is 53.4 Å². The number of benzene rings is 2. The van der Waals surface area contributed by atoms with Crippen LogP contribution < -0.4 is 10.5 Å². The maximum Gasteiger partial charge on any atom is 0.182 e. The van der Waals surface area contributed by atoms with Gasteiger partial charge < -0.3 is 10.5 Å². The van der Waals surface area contributed by atoms with E-state index in [4.69, 9.17) is 10.5 Å². The molecule has 0 saturated carbocycles. The van der Waals surface area contributed by atoms with Crippen LogP contribution in [-0.2, 0) is 22.0 Å². The molecule has 0 atom stereocenters. The van der Waals surface area contributed by atoms with Gasteiger partial charge >= 0.3 is 0 Å². The molecule has 5 heteroatoms. The summed E-state index contributed by atoms with van der Waals surface area (Å²) in [5.41, 5.74) is 7.16. The Morgan fingerprint density at radius 2 is 1.86 bits per heavy atom. The van der Waals surface area contributed by atoms with Crippen molar-refractivity contribution in [1.29, 1.82) is 0 Å². The predicted octanol–water partition coefficient (Wildman–Crippen LogP) is 2.56. The van der Waals surface area contributed by atoms with Gasteiger partial charge in [-0.15, -0.1) is 0 Å². The number of hydrogen-bond donors (Lipinski definition) is 1. The van der Waals surface area contributed by atoms with Crippen molar-refractivity contribution in [3.63, 3.8) is 0 Å². The van der Waals surface area contributed by atoms with Gasteiger partial charge in [-0.1, -0.05) is 30.3 Å². The molecule has 0 aliphatic carbocycles. The molecule has 0 saturated heterocycles. The van der Waals surface area contributed by atoms with Crippen LogP contribution in [0.4, 0.5) is 0 Å². The summed E-state index contributed by atoms with van der Waals surface area (Å²) in [4.78, 5) is 0.341.